The van der Waals surface area contributed by atoms with E-state index in [4.69, 9.17) is 0 Å². The lowest BCUT2D eigenvalue weighted by atomic mass is 10.0. The molecule has 1 unspecified atom stereocenters. The highest BCUT2D eigenvalue weighted by molar-refractivity contribution is 9.10. The topological polar surface area (TPSA) is 57.7 Å². The van der Waals surface area contributed by atoms with Crippen LogP contribution in [0.25, 0.3) is 0 Å². The summed E-state index contributed by atoms with van der Waals surface area (Å²) in [6.07, 6.45) is 0. The zero-order valence-electron chi connectivity index (χ0n) is 12.0. The van der Waals surface area contributed by atoms with E-state index < -0.39 is 17.9 Å². The van der Waals surface area contributed by atoms with Crippen molar-refractivity contribution in [2.45, 2.75) is 19.9 Å². The van der Waals surface area contributed by atoms with Crippen molar-refractivity contribution in [3.63, 3.8) is 0 Å². The summed E-state index contributed by atoms with van der Waals surface area (Å²) in [5.41, 5.74) is 0.531. The molecule has 21 heavy (non-hydrogen) atoms. The van der Waals surface area contributed by atoms with Gasteiger partial charge in [0, 0.05) is 29.7 Å². The third-order valence-corrected chi connectivity index (χ3v) is 4.23. The lowest BCUT2D eigenvalue weighted by molar-refractivity contribution is -0.156. The van der Waals surface area contributed by atoms with E-state index in [0.717, 1.165) is 4.47 Å². The number of likely N-dealkylation sites (N-methyl/N-ethyl adjacent to an activating group) is 1. The summed E-state index contributed by atoms with van der Waals surface area (Å²) in [6.45, 7) is 4.86. The molecule has 0 spiro atoms. The molecule has 1 atom stereocenters. The maximum absolute atomic E-state index is 12.4. The van der Waals surface area contributed by atoms with Crippen LogP contribution in [0, 0.1) is 0 Å². The molecule has 1 aliphatic heterocycles. The van der Waals surface area contributed by atoms with E-state index in [1.54, 1.807) is 31.2 Å². The van der Waals surface area contributed by atoms with Crippen LogP contribution in [-0.4, -0.2) is 53.1 Å². The van der Waals surface area contributed by atoms with Gasteiger partial charge in [-0.3, -0.25) is 14.4 Å². The average molecular weight is 353 g/mol. The van der Waals surface area contributed by atoms with Crippen molar-refractivity contribution in [1.29, 1.82) is 0 Å². The molecule has 1 fully saturated rings. The Morgan fingerprint density at radius 2 is 1.81 bits per heavy atom. The molecule has 6 heteroatoms. The van der Waals surface area contributed by atoms with Crippen molar-refractivity contribution in [3.05, 3.63) is 34.3 Å². The van der Waals surface area contributed by atoms with Gasteiger partial charge in [-0.2, -0.15) is 0 Å². The largest absolute Gasteiger partial charge is 0.333 e. The molecule has 1 aromatic rings. The highest BCUT2D eigenvalue weighted by Gasteiger charge is 2.36. The molecule has 0 radical (unpaired) electrons. The Bertz CT molecular complexity index is 571. The molecular formula is C15H17BrN2O3. The molecule has 2 rings (SSSR count). The first-order chi connectivity index (χ1) is 9.95. The molecular weight excluding hydrogens is 336 g/mol. The summed E-state index contributed by atoms with van der Waals surface area (Å²) in [4.78, 5) is 39.3. The maximum atomic E-state index is 12.4. The number of benzene rings is 1. The van der Waals surface area contributed by atoms with Crippen LogP contribution in [0.2, 0.25) is 0 Å². The predicted molar refractivity (Wildman–Crippen MR) is 81.9 cm³/mol. The number of nitrogens with zero attached hydrogens (tertiary/aromatic N) is 2. The number of ketones is 1. The highest BCUT2D eigenvalue weighted by Crippen LogP contribution is 2.16. The molecule has 0 aliphatic carbocycles. The van der Waals surface area contributed by atoms with E-state index in [1.807, 2.05) is 6.92 Å². The van der Waals surface area contributed by atoms with Gasteiger partial charge in [-0.25, -0.2) is 0 Å². The summed E-state index contributed by atoms with van der Waals surface area (Å²) < 4.78 is 0.884. The lowest BCUT2D eigenvalue weighted by Gasteiger charge is -2.36. The Balaban J connectivity index is 2.14. The van der Waals surface area contributed by atoms with Crippen LogP contribution in [-0.2, 0) is 9.59 Å². The van der Waals surface area contributed by atoms with Gasteiger partial charge in [0.05, 0.1) is 6.04 Å². The molecule has 0 aromatic heterocycles. The SMILES string of the molecule is CCN1CCN(C(C)C(=O)c2ccc(Br)cc2)C(=O)C1=O. The zero-order chi connectivity index (χ0) is 15.6. The van der Waals surface area contributed by atoms with Gasteiger partial charge in [0.15, 0.2) is 5.78 Å². The van der Waals surface area contributed by atoms with Crippen LogP contribution >= 0.6 is 15.9 Å². The van der Waals surface area contributed by atoms with Crippen LogP contribution in [0.1, 0.15) is 24.2 Å². The fourth-order valence-electron chi connectivity index (χ4n) is 2.36. The summed E-state index contributed by atoms with van der Waals surface area (Å²) in [5, 5.41) is 0. The first-order valence-electron chi connectivity index (χ1n) is 6.85. The second-order valence-electron chi connectivity index (χ2n) is 4.93. The first kappa shape index (κ1) is 15.7. The Hall–Kier alpha value is -1.69. The number of piperazine rings is 1. The number of amides is 2. The van der Waals surface area contributed by atoms with Gasteiger partial charge in [0.2, 0.25) is 0 Å². The number of halogens is 1. The van der Waals surface area contributed by atoms with Crippen molar-refractivity contribution < 1.29 is 14.4 Å². The molecule has 1 saturated heterocycles. The molecule has 1 aromatic carbocycles. The summed E-state index contributed by atoms with van der Waals surface area (Å²) in [7, 11) is 0. The van der Waals surface area contributed by atoms with E-state index >= 15 is 0 Å². The summed E-state index contributed by atoms with van der Waals surface area (Å²) in [5.74, 6) is -1.28. The van der Waals surface area contributed by atoms with Crippen molar-refractivity contribution >= 4 is 33.5 Å². The standard InChI is InChI=1S/C15H17BrN2O3/c1-3-17-8-9-18(15(21)14(17)20)10(2)13(19)11-4-6-12(16)7-5-11/h4-7,10H,3,8-9H2,1-2H3. The number of carbonyl (C=O) groups excluding carboxylic acids is 3. The van der Waals surface area contributed by atoms with Gasteiger partial charge in [0.1, 0.15) is 0 Å². The quantitative estimate of drug-likeness (QED) is 0.612. The smallest absolute Gasteiger partial charge is 0.312 e. The van der Waals surface area contributed by atoms with Crippen LogP contribution in [0.5, 0.6) is 0 Å². The summed E-state index contributed by atoms with van der Waals surface area (Å²) >= 11 is 3.31. The van der Waals surface area contributed by atoms with Crippen LogP contribution in [0.3, 0.4) is 0 Å². The molecule has 0 saturated carbocycles. The molecule has 1 aliphatic rings. The van der Waals surface area contributed by atoms with Crippen LogP contribution in [0.15, 0.2) is 28.7 Å². The Morgan fingerprint density at radius 3 is 2.38 bits per heavy atom. The zero-order valence-corrected chi connectivity index (χ0v) is 13.6. The van der Waals surface area contributed by atoms with E-state index in [2.05, 4.69) is 15.9 Å². The lowest BCUT2D eigenvalue weighted by Crippen LogP contribution is -2.58. The molecule has 5 nitrogen and oxygen atoms in total. The van der Waals surface area contributed by atoms with Gasteiger partial charge in [-0.1, -0.05) is 28.1 Å². The predicted octanol–water partition coefficient (Wildman–Crippen LogP) is 1.71. The van der Waals surface area contributed by atoms with E-state index in [0.29, 0.717) is 25.2 Å². The minimum Gasteiger partial charge on any atom is -0.333 e. The first-order valence-corrected chi connectivity index (χ1v) is 7.64. The number of Topliss-reactive ketones (excluding diaryl/α,β-unsaturated/α-hetero) is 1. The average Bonchev–Trinajstić information content (AvgIpc) is 2.49. The molecule has 1 heterocycles. The van der Waals surface area contributed by atoms with E-state index in [-0.39, 0.29) is 5.78 Å². The number of rotatable bonds is 4. The Labute approximate surface area is 132 Å². The molecule has 0 N–H and O–H groups in total. The minimum atomic E-state index is -0.637. The molecule has 2 amide bonds. The number of hydrogen-bond acceptors (Lipinski definition) is 3. The van der Waals surface area contributed by atoms with Gasteiger partial charge in [-0.05, 0) is 26.0 Å². The van der Waals surface area contributed by atoms with Gasteiger partial charge < -0.3 is 9.80 Å². The monoisotopic (exact) mass is 352 g/mol. The Morgan fingerprint density at radius 1 is 1.19 bits per heavy atom. The second kappa shape index (κ2) is 6.39. The fraction of sp³-hybridized carbons (Fsp3) is 0.400. The van der Waals surface area contributed by atoms with Crippen molar-refractivity contribution in [2.24, 2.45) is 0 Å². The summed E-state index contributed by atoms with van der Waals surface area (Å²) in [6, 6.07) is 6.33. The van der Waals surface area contributed by atoms with Gasteiger partial charge in [0.25, 0.3) is 0 Å². The van der Waals surface area contributed by atoms with Gasteiger partial charge in [-0.15, -0.1) is 0 Å². The van der Waals surface area contributed by atoms with Crippen molar-refractivity contribution in [3.8, 4) is 0 Å². The highest BCUT2D eigenvalue weighted by atomic mass is 79.9. The minimum absolute atomic E-state index is 0.159. The third-order valence-electron chi connectivity index (χ3n) is 3.70. The van der Waals surface area contributed by atoms with E-state index in [1.165, 1.54) is 9.80 Å². The van der Waals surface area contributed by atoms with Crippen LogP contribution in [0.4, 0.5) is 0 Å². The third kappa shape index (κ3) is 3.15. The van der Waals surface area contributed by atoms with Crippen LogP contribution < -0.4 is 0 Å². The second-order valence-corrected chi connectivity index (χ2v) is 5.85. The van der Waals surface area contributed by atoms with Gasteiger partial charge >= 0.3 is 11.8 Å². The van der Waals surface area contributed by atoms with E-state index in [9.17, 15) is 14.4 Å². The maximum Gasteiger partial charge on any atom is 0.312 e. The van der Waals surface area contributed by atoms with Crippen molar-refractivity contribution in [2.75, 3.05) is 19.6 Å². The Kier molecular flexibility index (Phi) is 4.77. The fourth-order valence-corrected chi connectivity index (χ4v) is 2.62. The number of hydrogen-bond donors (Lipinski definition) is 0. The molecule has 112 valence electrons. The normalized spacial score (nSPS) is 17.1. The molecule has 0 bridgehead atoms. The van der Waals surface area contributed by atoms with Crippen molar-refractivity contribution in [1.82, 2.24) is 9.80 Å². The number of carbonyl (C=O) groups is 3.